The van der Waals surface area contributed by atoms with E-state index in [2.05, 4.69) is 0 Å². The standard InChI is InChI=1S/C23H23NO7S/c1-15-11-20-18(13-22(25)31-21(20)12-16(15)2)14-30-23(26)17-3-5-19(6-4-17)32(27,28)24-7-9-29-10-8-24/h3-6,11-13H,7-10,14H2,1-2H3. The second-order valence-electron chi connectivity index (χ2n) is 7.64. The van der Waals surface area contributed by atoms with Crippen molar-refractivity contribution >= 4 is 27.0 Å². The van der Waals surface area contributed by atoms with Gasteiger partial charge in [-0.1, -0.05) is 0 Å². The lowest BCUT2D eigenvalue weighted by atomic mass is 10.0. The van der Waals surface area contributed by atoms with Crippen molar-refractivity contribution in [3.8, 4) is 0 Å². The van der Waals surface area contributed by atoms with Gasteiger partial charge >= 0.3 is 11.6 Å². The fourth-order valence-corrected chi connectivity index (χ4v) is 4.94. The van der Waals surface area contributed by atoms with Crippen molar-refractivity contribution in [2.45, 2.75) is 25.3 Å². The molecule has 1 aliphatic heterocycles. The van der Waals surface area contributed by atoms with Gasteiger partial charge in [-0.2, -0.15) is 4.31 Å². The zero-order valence-electron chi connectivity index (χ0n) is 17.8. The fourth-order valence-electron chi connectivity index (χ4n) is 3.53. The number of ether oxygens (including phenoxy) is 2. The molecule has 9 heteroatoms. The van der Waals surface area contributed by atoms with Crippen LogP contribution in [0.1, 0.15) is 27.0 Å². The minimum Gasteiger partial charge on any atom is -0.457 e. The third-order valence-electron chi connectivity index (χ3n) is 5.50. The summed E-state index contributed by atoms with van der Waals surface area (Å²) in [6.07, 6.45) is 0. The maximum Gasteiger partial charge on any atom is 0.338 e. The van der Waals surface area contributed by atoms with Gasteiger partial charge in [-0.25, -0.2) is 18.0 Å². The number of rotatable bonds is 5. The Bertz CT molecular complexity index is 1320. The van der Waals surface area contributed by atoms with Gasteiger partial charge in [-0.3, -0.25) is 0 Å². The van der Waals surface area contributed by atoms with E-state index in [9.17, 15) is 18.0 Å². The number of hydrogen-bond acceptors (Lipinski definition) is 7. The minimum atomic E-state index is -3.64. The molecule has 0 N–H and O–H groups in total. The van der Waals surface area contributed by atoms with E-state index < -0.39 is 21.6 Å². The summed E-state index contributed by atoms with van der Waals surface area (Å²) in [4.78, 5) is 24.5. The summed E-state index contributed by atoms with van der Waals surface area (Å²) >= 11 is 0. The Labute approximate surface area is 185 Å². The van der Waals surface area contributed by atoms with Gasteiger partial charge in [-0.05, 0) is 61.4 Å². The third kappa shape index (κ3) is 4.45. The molecule has 0 unspecified atom stereocenters. The number of aryl methyl sites for hydroxylation is 2. The quantitative estimate of drug-likeness (QED) is 0.429. The molecule has 2 aromatic carbocycles. The molecule has 0 aliphatic carbocycles. The molecule has 32 heavy (non-hydrogen) atoms. The van der Waals surface area contributed by atoms with Gasteiger partial charge in [0.1, 0.15) is 12.2 Å². The summed E-state index contributed by atoms with van der Waals surface area (Å²) in [5, 5.41) is 0.701. The molecule has 8 nitrogen and oxygen atoms in total. The summed E-state index contributed by atoms with van der Waals surface area (Å²) in [6.45, 7) is 5.06. The van der Waals surface area contributed by atoms with Gasteiger partial charge in [0.15, 0.2) is 0 Å². The van der Waals surface area contributed by atoms with Gasteiger partial charge in [-0.15, -0.1) is 0 Å². The fraction of sp³-hybridized carbons (Fsp3) is 0.304. The second-order valence-corrected chi connectivity index (χ2v) is 9.58. The second kappa shape index (κ2) is 8.85. The number of carbonyl (C=O) groups excluding carboxylic acids is 1. The van der Waals surface area contributed by atoms with Crippen LogP contribution in [0.4, 0.5) is 0 Å². The van der Waals surface area contributed by atoms with Crippen molar-refractivity contribution in [2.24, 2.45) is 0 Å². The summed E-state index contributed by atoms with van der Waals surface area (Å²) in [6, 6.07) is 10.6. The van der Waals surface area contributed by atoms with E-state index in [1.54, 1.807) is 6.07 Å². The Morgan fingerprint density at radius 1 is 1.03 bits per heavy atom. The smallest absolute Gasteiger partial charge is 0.338 e. The molecule has 1 aliphatic rings. The van der Waals surface area contributed by atoms with Crippen LogP contribution < -0.4 is 5.63 Å². The lowest BCUT2D eigenvalue weighted by molar-refractivity contribution is 0.0473. The average molecular weight is 458 g/mol. The number of morpholine rings is 1. The average Bonchev–Trinajstić information content (AvgIpc) is 2.79. The Morgan fingerprint density at radius 3 is 2.38 bits per heavy atom. The Kier molecular flexibility index (Phi) is 6.14. The molecule has 2 heterocycles. The molecule has 0 radical (unpaired) electrons. The molecule has 1 fully saturated rings. The summed E-state index contributed by atoms with van der Waals surface area (Å²) in [7, 11) is -3.64. The van der Waals surface area contributed by atoms with Crippen molar-refractivity contribution in [3.05, 3.63) is 75.1 Å². The first-order valence-electron chi connectivity index (χ1n) is 10.1. The SMILES string of the molecule is Cc1cc2oc(=O)cc(COC(=O)c3ccc(S(=O)(=O)N4CCOCC4)cc3)c2cc1C. The van der Waals surface area contributed by atoms with Crippen LogP contribution in [0.2, 0.25) is 0 Å². The molecule has 168 valence electrons. The zero-order chi connectivity index (χ0) is 22.9. The van der Waals surface area contributed by atoms with Crippen LogP contribution in [0, 0.1) is 13.8 Å². The lowest BCUT2D eigenvalue weighted by Crippen LogP contribution is -2.40. The van der Waals surface area contributed by atoms with Crippen molar-refractivity contribution < 1.29 is 27.1 Å². The van der Waals surface area contributed by atoms with E-state index in [4.69, 9.17) is 13.9 Å². The highest BCUT2D eigenvalue weighted by molar-refractivity contribution is 7.89. The van der Waals surface area contributed by atoms with Crippen molar-refractivity contribution in [1.82, 2.24) is 4.31 Å². The van der Waals surface area contributed by atoms with E-state index in [1.165, 1.54) is 34.6 Å². The first-order valence-corrected chi connectivity index (χ1v) is 11.6. The van der Waals surface area contributed by atoms with Gasteiger partial charge < -0.3 is 13.9 Å². The molecular weight excluding hydrogens is 434 g/mol. The van der Waals surface area contributed by atoms with Gasteiger partial charge in [0.05, 0.1) is 23.7 Å². The third-order valence-corrected chi connectivity index (χ3v) is 7.41. The van der Waals surface area contributed by atoms with Gasteiger partial charge in [0.25, 0.3) is 0 Å². The highest BCUT2D eigenvalue weighted by Crippen LogP contribution is 2.23. The summed E-state index contributed by atoms with van der Waals surface area (Å²) in [5.74, 6) is -0.620. The summed E-state index contributed by atoms with van der Waals surface area (Å²) in [5.41, 5.74) is 2.68. The predicted molar refractivity (Wildman–Crippen MR) is 117 cm³/mol. The Balaban J connectivity index is 1.50. The van der Waals surface area contributed by atoms with Crippen molar-refractivity contribution in [1.29, 1.82) is 0 Å². The highest BCUT2D eigenvalue weighted by atomic mass is 32.2. The van der Waals surface area contributed by atoms with Crippen LogP contribution in [0.25, 0.3) is 11.0 Å². The maximum atomic E-state index is 12.7. The predicted octanol–water partition coefficient (Wildman–Crippen LogP) is 2.79. The number of carbonyl (C=O) groups is 1. The molecule has 0 saturated carbocycles. The van der Waals surface area contributed by atoms with Crippen molar-refractivity contribution in [2.75, 3.05) is 26.3 Å². The van der Waals surface area contributed by atoms with E-state index in [0.717, 1.165) is 11.1 Å². The lowest BCUT2D eigenvalue weighted by Gasteiger charge is -2.26. The molecule has 0 bridgehead atoms. The van der Waals surface area contributed by atoms with Crippen LogP contribution in [0.15, 0.2) is 56.6 Å². The molecule has 1 aromatic heterocycles. The largest absolute Gasteiger partial charge is 0.457 e. The number of fused-ring (bicyclic) bond motifs is 1. The van der Waals surface area contributed by atoms with E-state index in [0.29, 0.717) is 42.8 Å². The first kappa shape index (κ1) is 22.2. The Hall–Kier alpha value is -3.01. The monoisotopic (exact) mass is 457 g/mol. The topological polar surface area (TPSA) is 103 Å². The number of esters is 1. The maximum absolute atomic E-state index is 12.7. The molecule has 4 rings (SSSR count). The van der Waals surface area contributed by atoms with Gasteiger partial charge in [0.2, 0.25) is 10.0 Å². The normalized spacial score (nSPS) is 15.1. The van der Waals surface area contributed by atoms with Crippen LogP contribution >= 0.6 is 0 Å². The number of benzene rings is 2. The van der Waals surface area contributed by atoms with Crippen LogP contribution in [-0.2, 0) is 26.1 Å². The van der Waals surface area contributed by atoms with Crippen LogP contribution in [-0.4, -0.2) is 45.0 Å². The summed E-state index contributed by atoms with van der Waals surface area (Å²) < 4.78 is 42.6. The first-order chi connectivity index (χ1) is 15.3. The highest BCUT2D eigenvalue weighted by Gasteiger charge is 2.26. The molecule has 3 aromatic rings. The molecule has 0 spiro atoms. The minimum absolute atomic E-state index is 0.105. The molecule has 1 saturated heterocycles. The molecule has 0 atom stereocenters. The van der Waals surface area contributed by atoms with Crippen molar-refractivity contribution in [3.63, 3.8) is 0 Å². The van der Waals surface area contributed by atoms with E-state index >= 15 is 0 Å². The Morgan fingerprint density at radius 2 is 1.69 bits per heavy atom. The van der Waals surface area contributed by atoms with Crippen LogP contribution in [0.5, 0.6) is 0 Å². The number of sulfonamides is 1. The van der Waals surface area contributed by atoms with Gasteiger partial charge in [0, 0.05) is 30.1 Å². The number of nitrogens with zero attached hydrogens (tertiary/aromatic N) is 1. The number of hydrogen-bond donors (Lipinski definition) is 0. The van der Waals surface area contributed by atoms with Crippen LogP contribution in [0.3, 0.4) is 0 Å². The van der Waals surface area contributed by atoms with E-state index in [1.807, 2.05) is 19.9 Å². The molecule has 0 amide bonds. The van der Waals surface area contributed by atoms with E-state index in [-0.39, 0.29) is 17.1 Å². The molecular formula is C23H23NO7S. The zero-order valence-corrected chi connectivity index (χ0v) is 18.6.